The molecule has 1 aromatic heterocycles. The molecule has 0 saturated carbocycles. The van der Waals surface area contributed by atoms with Gasteiger partial charge in [0, 0.05) is 12.5 Å². The second kappa shape index (κ2) is 6.19. The van der Waals surface area contributed by atoms with Crippen LogP contribution in [0.3, 0.4) is 0 Å². The molecule has 2 aliphatic heterocycles. The van der Waals surface area contributed by atoms with E-state index in [0.717, 1.165) is 36.1 Å². The van der Waals surface area contributed by atoms with Gasteiger partial charge in [0.25, 0.3) is 0 Å². The number of aromatic nitrogens is 2. The van der Waals surface area contributed by atoms with Gasteiger partial charge in [-0.05, 0) is 12.3 Å². The van der Waals surface area contributed by atoms with Gasteiger partial charge in [-0.3, -0.25) is 0 Å². The number of nitriles is 1. The molecular formula is C18H24N4O. The van der Waals surface area contributed by atoms with E-state index >= 15 is 0 Å². The second-order valence-electron chi connectivity index (χ2n) is 6.90. The molecule has 3 rings (SSSR count). The summed E-state index contributed by atoms with van der Waals surface area (Å²) in [6.07, 6.45) is 5.00. The molecule has 2 unspecified atom stereocenters. The van der Waals surface area contributed by atoms with Gasteiger partial charge in [-0.1, -0.05) is 39.8 Å². The zero-order valence-corrected chi connectivity index (χ0v) is 14.3. The standard InChI is InChI=1S/C18H24N4O/c1-11(2)15-16-18(21-17(20-15)12(3)4)22-8-6-5-7-13(9-19)14(22)10-23-16/h5-6,11-14H,7-8,10H2,1-4H3. The smallest absolute Gasteiger partial charge is 0.183 e. The summed E-state index contributed by atoms with van der Waals surface area (Å²) >= 11 is 0. The molecule has 0 amide bonds. The van der Waals surface area contributed by atoms with Crippen LogP contribution in [0.5, 0.6) is 5.75 Å². The summed E-state index contributed by atoms with van der Waals surface area (Å²) < 4.78 is 6.06. The Balaban J connectivity index is 2.13. The molecule has 2 aliphatic rings. The van der Waals surface area contributed by atoms with Crippen LogP contribution in [0.2, 0.25) is 0 Å². The Morgan fingerprint density at radius 2 is 2.00 bits per heavy atom. The number of hydrogen-bond acceptors (Lipinski definition) is 5. The highest BCUT2D eigenvalue weighted by molar-refractivity contribution is 5.59. The fourth-order valence-electron chi connectivity index (χ4n) is 3.15. The zero-order valence-electron chi connectivity index (χ0n) is 14.3. The van der Waals surface area contributed by atoms with Gasteiger partial charge in [0.15, 0.2) is 11.6 Å². The van der Waals surface area contributed by atoms with Crippen molar-refractivity contribution in [1.29, 1.82) is 5.26 Å². The monoisotopic (exact) mass is 312 g/mol. The van der Waals surface area contributed by atoms with Crippen LogP contribution in [0.15, 0.2) is 12.2 Å². The average molecular weight is 312 g/mol. The molecule has 0 fully saturated rings. The summed E-state index contributed by atoms with van der Waals surface area (Å²) in [5.74, 6) is 2.96. The summed E-state index contributed by atoms with van der Waals surface area (Å²) in [4.78, 5) is 11.8. The maximum absolute atomic E-state index is 9.49. The lowest BCUT2D eigenvalue weighted by Crippen LogP contribution is -2.47. The molecule has 23 heavy (non-hydrogen) atoms. The van der Waals surface area contributed by atoms with E-state index in [0.29, 0.717) is 6.61 Å². The second-order valence-corrected chi connectivity index (χ2v) is 6.90. The van der Waals surface area contributed by atoms with Crippen molar-refractivity contribution in [2.24, 2.45) is 5.92 Å². The van der Waals surface area contributed by atoms with Crippen molar-refractivity contribution in [1.82, 2.24) is 9.97 Å². The number of nitrogens with zero attached hydrogens (tertiary/aromatic N) is 4. The van der Waals surface area contributed by atoms with Crippen molar-refractivity contribution in [2.75, 3.05) is 18.1 Å². The Morgan fingerprint density at radius 3 is 2.65 bits per heavy atom. The predicted molar refractivity (Wildman–Crippen MR) is 89.7 cm³/mol. The Bertz CT molecular complexity index is 660. The Morgan fingerprint density at radius 1 is 1.22 bits per heavy atom. The summed E-state index contributed by atoms with van der Waals surface area (Å²) in [6.45, 7) is 9.76. The molecule has 5 nitrogen and oxygen atoms in total. The molecule has 0 radical (unpaired) electrons. The van der Waals surface area contributed by atoms with E-state index in [1.807, 2.05) is 0 Å². The molecule has 3 heterocycles. The minimum Gasteiger partial charge on any atom is -0.486 e. The molecule has 0 bridgehead atoms. The Labute approximate surface area is 138 Å². The van der Waals surface area contributed by atoms with Gasteiger partial charge in [0.05, 0.1) is 23.7 Å². The SMILES string of the molecule is CC(C)c1nc(C(C)C)c2c(n1)N1CC=CCC(C#N)C1CO2. The predicted octanol–water partition coefficient (Wildman–Crippen LogP) is 3.39. The van der Waals surface area contributed by atoms with Crippen molar-refractivity contribution in [3.63, 3.8) is 0 Å². The minimum atomic E-state index is -0.0677. The van der Waals surface area contributed by atoms with Crippen LogP contribution in [-0.2, 0) is 0 Å². The first kappa shape index (κ1) is 15.8. The summed E-state index contributed by atoms with van der Waals surface area (Å²) in [6, 6.07) is 2.49. The van der Waals surface area contributed by atoms with Crippen molar-refractivity contribution in [2.45, 2.75) is 52.0 Å². The first-order valence-corrected chi connectivity index (χ1v) is 8.38. The first-order chi connectivity index (χ1) is 11.0. The average Bonchev–Trinajstić information content (AvgIpc) is 2.75. The third kappa shape index (κ3) is 2.78. The summed E-state index contributed by atoms with van der Waals surface area (Å²) in [5.41, 5.74) is 0.971. The van der Waals surface area contributed by atoms with E-state index in [1.165, 1.54) is 0 Å². The highest BCUT2D eigenvalue weighted by Crippen LogP contribution is 2.40. The molecule has 5 heteroatoms. The fourth-order valence-corrected chi connectivity index (χ4v) is 3.15. The van der Waals surface area contributed by atoms with Crippen LogP contribution in [-0.4, -0.2) is 29.2 Å². The van der Waals surface area contributed by atoms with Gasteiger partial charge < -0.3 is 9.64 Å². The van der Waals surface area contributed by atoms with Crippen LogP contribution in [0.25, 0.3) is 0 Å². The van der Waals surface area contributed by atoms with E-state index in [4.69, 9.17) is 14.7 Å². The molecule has 1 aromatic rings. The van der Waals surface area contributed by atoms with Gasteiger partial charge in [-0.25, -0.2) is 9.97 Å². The number of ether oxygens (including phenoxy) is 1. The number of fused-ring (bicyclic) bond motifs is 3. The molecule has 0 aliphatic carbocycles. The topological polar surface area (TPSA) is 62.0 Å². The maximum atomic E-state index is 9.49. The molecule has 0 saturated heterocycles. The van der Waals surface area contributed by atoms with E-state index in [9.17, 15) is 5.26 Å². The fraction of sp³-hybridized carbons (Fsp3) is 0.611. The molecule has 2 atom stereocenters. The van der Waals surface area contributed by atoms with E-state index in [-0.39, 0.29) is 23.8 Å². The Kier molecular flexibility index (Phi) is 4.25. The van der Waals surface area contributed by atoms with Gasteiger partial charge in [-0.15, -0.1) is 0 Å². The summed E-state index contributed by atoms with van der Waals surface area (Å²) in [7, 11) is 0. The van der Waals surface area contributed by atoms with Crippen LogP contribution >= 0.6 is 0 Å². The van der Waals surface area contributed by atoms with Crippen molar-refractivity contribution in [3.8, 4) is 11.8 Å². The lowest BCUT2D eigenvalue weighted by Gasteiger charge is -2.39. The zero-order chi connectivity index (χ0) is 16.6. The highest BCUT2D eigenvalue weighted by atomic mass is 16.5. The van der Waals surface area contributed by atoms with Gasteiger partial charge in [0.2, 0.25) is 0 Å². The number of allylic oxidation sites excluding steroid dienone is 1. The van der Waals surface area contributed by atoms with Crippen molar-refractivity contribution < 1.29 is 4.74 Å². The van der Waals surface area contributed by atoms with E-state index in [1.54, 1.807) is 0 Å². The molecule has 122 valence electrons. The number of rotatable bonds is 2. The van der Waals surface area contributed by atoms with Crippen molar-refractivity contribution in [3.05, 3.63) is 23.7 Å². The molecule has 0 N–H and O–H groups in total. The maximum Gasteiger partial charge on any atom is 0.183 e. The lowest BCUT2D eigenvalue weighted by atomic mass is 9.96. The van der Waals surface area contributed by atoms with E-state index in [2.05, 4.69) is 50.8 Å². The Hall–Kier alpha value is -2.09. The molecule has 0 aromatic carbocycles. The minimum absolute atomic E-state index is 0.0532. The lowest BCUT2D eigenvalue weighted by molar-refractivity contribution is 0.234. The quantitative estimate of drug-likeness (QED) is 0.783. The largest absolute Gasteiger partial charge is 0.486 e. The number of anilines is 1. The van der Waals surface area contributed by atoms with Crippen LogP contribution in [0.4, 0.5) is 5.82 Å². The van der Waals surface area contributed by atoms with Gasteiger partial charge >= 0.3 is 0 Å². The normalized spacial score (nSPS) is 23.1. The highest BCUT2D eigenvalue weighted by Gasteiger charge is 2.37. The van der Waals surface area contributed by atoms with Gasteiger partial charge in [-0.2, -0.15) is 5.26 Å². The third-order valence-corrected chi connectivity index (χ3v) is 4.51. The van der Waals surface area contributed by atoms with Crippen molar-refractivity contribution >= 4 is 5.82 Å². The molecule has 0 spiro atoms. The van der Waals surface area contributed by atoms with Gasteiger partial charge in [0.1, 0.15) is 12.4 Å². The van der Waals surface area contributed by atoms with Crippen LogP contribution in [0.1, 0.15) is 57.5 Å². The summed E-state index contributed by atoms with van der Waals surface area (Å²) in [5, 5.41) is 9.49. The molecular weight excluding hydrogens is 288 g/mol. The van der Waals surface area contributed by atoms with Crippen LogP contribution in [0, 0.1) is 17.2 Å². The number of hydrogen-bond donors (Lipinski definition) is 0. The third-order valence-electron chi connectivity index (χ3n) is 4.51. The van der Waals surface area contributed by atoms with Crippen LogP contribution < -0.4 is 9.64 Å². The van der Waals surface area contributed by atoms with E-state index < -0.39 is 0 Å². The first-order valence-electron chi connectivity index (χ1n) is 8.38.